The van der Waals surface area contributed by atoms with E-state index in [1.165, 1.54) is 23.1 Å². The highest BCUT2D eigenvalue weighted by Gasteiger charge is 2.57. The van der Waals surface area contributed by atoms with Crippen LogP contribution in [0.15, 0.2) is 84.9 Å². The Bertz CT molecular complexity index is 3170. The maximum atomic E-state index is 14.5. The number of amides is 7. The smallest absolute Gasteiger partial charge is 0.410 e. The van der Waals surface area contributed by atoms with Crippen molar-refractivity contribution in [1.82, 2.24) is 36.0 Å². The van der Waals surface area contributed by atoms with E-state index in [-0.39, 0.29) is 71.5 Å². The van der Waals surface area contributed by atoms with Gasteiger partial charge >= 0.3 is 6.09 Å². The summed E-state index contributed by atoms with van der Waals surface area (Å²) in [6.07, 6.45) is 7.21. The molecule has 2 unspecified atom stereocenters. The molecule has 17 nitrogen and oxygen atoms in total. The molecule has 0 radical (unpaired) electrons. The Kier molecular flexibility index (Phi) is 17.2. The van der Waals surface area contributed by atoms with Crippen molar-refractivity contribution in [3.63, 3.8) is 0 Å². The third-order valence-corrected chi connectivity index (χ3v) is 18.3. The molecule has 2 saturated heterocycles. The number of aromatic hydroxyl groups is 2. The van der Waals surface area contributed by atoms with E-state index in [0.717, 1.165) is 71.9 Å². The molecule has 4 aliphatic heterocycles. The van der Waals surface area contributed by atoms with Gasteiger partial charge in [0.25, 0.3) is 0 Å². The Morgan fingerprint density at radius 1 is 0.614 bits per heavy atom. The van der Waals surface area contributed by atoms with Crippen molar-refractivity contribution in [2.75, 3.05) is 7.05 Å². The third kappa shape index (κ3) is 12.5. The van der Waals surface area contributed by atoms with Crippen LogP contribution in [0.2, 0.25) is 0 Å². The zero-order valence-corrected chi connectivity index (χ0v) is 50.1. The maximum Gasteiger partial charge on any atom is 0.410 e. The van der Waals surface area contributed by atoms with E-state index in [1.807, 2.05) is 71.9 Å². The van der Waals surface area contributed by atoms with Crippen LogP contribution >= 0.6 is 0 Å². The molecule has 0 bridgehead atoms. The SMILES string of the molecule is CC[C@@H](C)C(=O)N[C@H]1Cc2ccc(O)cc2[C@H]2CC(C)(C)C(C(=O)N[C@@H]3CCCc4ccccc43)N2C1=O.C[C@@H](C(=O)N[C@H]1Cc2ccc(O)cc2[C@H]2CC(C)(C)C(C(=O)N[C@@H]3CCCc4ccccc43)N2C1=O)N(C)C(=O)OC(C)(C)C. The minimum atomic E-state index is -0.986. The maximum absolute atomic E-state index is 14.5. The number of carbonyl (C=O) groups is 7. The summed E-state index contributed by atoms with van der Waals surface area (Å²) in [4.78, 5) is 101. The van der Waals surface area contributed by atoms with Crippen molar-refractivity contribution < 1.29 is 48.5 Å². The molecule has 4 aromatic rings. The summed E-state index contributed by atoms with van der Waals surface area (Å²) in [5, 5.41) is 33.2. The van der Waals surface area contributed by atoms with Crippen molar-refractivity contribution >= 4 is 41.5 Å². The molecule has 6 N–H and O–H groups in total. The lowest BCUT2D eigenvalue weighted by atomic mass is 9.81. The number of aryl methyl sites for hydroxylation is 2. The summed E-state index contributed by atoms with van der Waals surface area (Å²) < 4.78 is 5.43. The van der Waals surface area contributed by atoms with Crippen molar-refractivity contribution in [1.29, 1.82) is 0 Å². The number of phenolic OH excluding ortho intramolecular Hbond substituents is 2. The van der Waals surface area contributed by atoms with Crippen molar-refractivity contribution in [3.8, 4) is 11.5 Å². The molecule has 0 aromatic heterocycles. The fourth-order valence-electron chi connectivity index (χ4n) is 13.7. The first kappa shape index (κ1) is 60.2. The predicted octanol–water partition coefficient (Wildman–Crippen LogP) is 8.89. The van der Waals surface area contributed by atoms with Gasteiger partial charge in [-0.1, -0.05) is 102 Å². The number of phenols is 2. The van der Waals surface area contributed by atoms with Crippen LogP contribution in [0.5, 0.6) is 11.5 Å². The van der Waals surface area contributed by atoms with Gasteiger partial charge in [0.1, 0.15) is 47.3 Å². The number of carbonyl (C=O) groups excluding carboxylic acids is 7. The van der Waals surface area contributed by atoms with Crippen molar-refractivity contribution in [3.05, 3.63) is 129 Å². The number of rotatable bonds is 10. The number of fused-ring (bicyclic) bond motifs is 8. The van der Waals surface area contributed by atoms with Crippen molar-refractivity contribution in [2.45, 2.75) is 200 Å². The molecule has 2 aliphatic carbocycles. The van der Waals surface area contributed by atoms with Crippen LogP contribution in [0.3, 0.4) is 0 Å². The number of hydrogen-bond donors (Lipinski definition) is 6. The monoisotopic (exact) mass is 1140 g/mol. The number of nitrogens with zero attached hydrogens (tertiary/aromatic N) is 3. The normalized spacial score (nSPS) is 25.3. The molecule has 10 rings (SSSR count). The molecular weight excluding hydrogens is 1050 g/mol. The number of benzene rings is 4. The molecular formula is C66H85N7O10. The van der Waals surface area contributed by atoms with Crippen LogP contribution < -0.4 is 21.3 Å². The molecule has 7 amide bonds. The van der Waals surface area contributed by atoms with Gasteiger partial charge < -0.3 is 46.0 Å². The number of ether oxygens (including phenoxy) is 1. The fourth-order valence-corrected chi connectivity index (χ4v) is 13.7. The summed E-state index contributed by atoms with van der Waals surface area (Å²) in [6.45, 7) is 18.6. The van der Waals surface area contributed by atoms with Gasteiger partial charge in [0.15, 0.2) is 0 Å². The van der Waals surface area contributed by atoms with Gasteiger partial charge in [-0.3, -0.25) is 33.7 Å². The highest BCUT2D eigenvalue weighted by molar-refractivity contribution is 5.96. The third-order valence-electron chi connectivity index (χ3n) is 18.3. The molecule has 444 valence electrons. The Morgan fingerprint density at radius 3 is 1.46 bits per heavy atom. The summed E-state index contributed by atoms with van der Waals surface area (Å²) in [5.41, 5.74) is 6.24. The lowest BCUT2D eigenvalue weighted by Gasteiger charge is -2.36. The second kappa shape index (κ2) is 23.7. The van der Waals surface area contributed by atoms with Gasteiger partial charge in [-0.05, 0) is 165 Å². The van der Waals surface area contributed by atoms with Gasteiger partial charge in [-0.2, -0.15) is 0 Å². The Morgan fingerprint density at radius 2 is 1.04 bits per heavy atom. The van der Waals surface area contributed by atoms with Gasteiger partial charge in [0.2, 0.25) is 35.4 Å². The first-order valence-electron chi connectivity index (χ1n) is 29.8. The zero-order chi connectivity index (χ0) is 60.0. The first-order chi connectivity index (χ1) is 39.2. The quantitative estimate of drug-likeness (QED) is 0.0884. The fraction of sp³-hybridized carbons (Fsp3) is 0.530. The van der Waals surface area contributed by atoms with Crippen LogP contribution in [-0.4, -0.2) is 109 Å². The van der Waals surface area contributed by atoms with E-state index in [0.29, 0.717) is 25.7 Å². The summed E-state index contributed by atoms with van der Waals surface area (Å²) >= 11 is 0. The van der Waals surface area contributed by atoms with Crippen LogP contribution in [0.4, 0.5) is 4.79 Å². The second-order valence-electron chi connectivity index (χ2n) is 26.4. The average molecular weight is 1140 g/mol. The highest BCUT2D eigenvalue weighted by Crippen LogP contribution is 2.52. The van der Waals surface area contributed by atoms with E-state index in [1.54, 1.807) is 67.8 Å². The van der Waals surface area contributed by atoms with E-state index in [2.05, 4.69) is 45.5 Å². The highest BCUT2D eigenvalue weighted by atomic mass is 16.6. The Balaban J connectivity index is 0.000000202. The summed E-state index contributed by atoms with van der Waals surface area (Å²) in [5.74, 6) is -1.71. The minimum absolute atomic E-state index is 0.0702. The van der Waals surface area contributed by atoms with Gasteiger partial charge in [0.05, 0.1) is 24.2 Å². The Hall–Kier alpha value is -7.43. The van der Waals surface area contributed by atoms with E-state index in [4.69, 9.17) is 4.74 Å². The Labute approximate surface area is 488 Å². The number of likely N-dealkylation sites (N-methyl/N-ethyl adjacent to an activating group) is 1. The van der Waals surface area contributed by atoms with Gasteiger partial charge in [0, 0.05) is 25.8 Å². The van der Waals surface area contributed by atoms with E-state index >= 15 is 0 Å². The van der Waals surface area contributed by atoms with Crippen LogP contribution in [0, 0.1) is 16.7 Å². The molecule has 2 fully saturated rings. The van der Waals surface area contributed by atoms with E-state index in [9.17, 15) is 43.8 Å². The lowest BCUT2D eigenvalue weighted by Crippen LogP contribution is -2.58. The molecule has 4 heterocycles. The lowest BCUT2D eigenvalue weighted by molar-refractivity contribution is -0.145. The predicted molar refractivity (Wildman–Crippen MR) is 314 cm³/mol. The minimum Gasteiger partial charge on any atom is -0.508 e. The van der Waals surface area contributed by atoms with Crippen LogP contribution in [0.25, 0.3) is 0 Å². The second-order valence-corrected chi connectivity index (χ2v) is 26.4. The molecule has 10 atom stereocenters. The van der Waals surface area contributed by atoms with Crippen LogP contribution in [-0.2, 0) is 59.2 Å². The van der Waals surface area contributed by atoms with E-state index < -0.39 is 64.7 Å². The van der Waals surface area contributed by atoms with Crippen LogP contribution in [0.1, 0.15) is 183 Å². The molecule has 17 heteroatoms. The average Bonchev–Trinajstić information content (AvgIpc) is 1.91. The first-order valence-corrected chi connectivity index (χ1v) is 29.8. The molecule has 4 aromatic carbocycles. The zero-order valence-electron chi connectivity index (χ0n) is 50.1. The standard InChI is InChI=1S/C35H46N4O6.C31H39N3O4/c1-20(38(7)33(44)45-34(2,3)4)30(41)37-27-17-22-15-16-23(40)18-25(22)28-19-35(5,6)29(39(28)32(27)43)31(42)36-26-14-10-12-21-11-8-9-13-24(21)26;1-5-18(2)28(36)33-25-15-20-13-14-21(35)16-23(20)26-17-31(3,4)27(34(26)30(25)38)29(37)32-24-12-8-10-19-9-6-7-11-22(19)24/h8-9,11,13,15-16,18,20,26-29,40H,10,12,14,17,19H2,1-7H3,(H,36,42)(H,37,41);6-7,9,11,13-14,16,18,24-27,35H,5,8,10,12,15,17H2,1-4H3,(H,32,37)(H,33,36)/t20-,26+,27-,28+,29?;18-,24-,25+,26-,27?/m01/s1. The van der Waals surface area contributed by atoms with Gasteiger partial charge in [-0.15, -0.1) is 0 Å². The number of hydrogen-bond acceptors (Lipinski definition) is 10. The molecule has 0 saturated carbocycles. The topological polar surface area (TPSA) is 227 Å². The summed E-state index contributed by atoms with van der Waals surface area (Å²) in [6, 6.07) is 21.3. The van der Waals surface area contributed by atoms with Crippen molar-refractivity contribution in [2.24, 2.45) is 16.7 Å². The molecule has 6 aliphatic rings. The molecule has 83 heavy (non-hydrogen) atoms. The largest absolute Gasteiger partial charge is 0.508 e. The summed E-state index contributed by atoms with van der Waals surface area (Å²) in [7, 11) is 1.48. The molecule has 0 spiro atoms. The number of nitrogens with one attached hydrogen (secondary N) is 4. The van der Waals surface area contributed by atoms with Gasteiger partial charge in [-0.25, -0.2) is 4.79 Å².